The highest BCUT2D eigenvalue weighted by atomic mass is 35.5. The van der Waals surface area contributed by atoms with E-state index in [1.807, 2.05) is 6.92 Å². The highest BCUT2D eigenvalue weighted by molar-refractivity contribution is 8.00. The average molecular weight is 326 g/mol. The molecule has 1 N–H and O–H groups in total. The van der Waals surface area contributed by atoms with Gasteiger partial charge in [0.05, 0.1) is 5.37 Å². The van der Waals surface area contributed by atoms with Crippen LogP contribution in [0.2, 0.25) is 5.02 Å². The molecule has 1 aliphatic heterocycles. The molecule has 1 saturated heterocycles. The van der Waals surface area contributed by atoms with Gasteiger partial charge in [0.25, 0.3) is 5.91 Å². The zero-order valence-corrected chi connectivity index (χ0v) is 13.2. The van der Waals surface area contributed by atoms with Gasteiger partial charge in [0, 0.05) is 16.3 Å². The number of halogens is 1. The Morgan fingerprint density at radius 1 is 1.38 bits per heavy atom. The number of carbonyl (C=O) groups is 2. The molecular formula is C15H16ClNO3S. The second kappa shape index (κ2) is 5.54. The summed E-state index contributed by atoms with van der Waals surface area (Å²) >= 11 is 7.58. The molecule has 0 bridgehead atoms. The first-order valence-electron chi connectivity index (χ1n) is 6.92. The number of carbonyl (C=O) groups excluding carboxylic acids is 1. The van der Waals surface area contributed by atoms with Crippen LogP contribution in [0.25, 0.3) is 0 Å². The molecular weight excluding hydrogens is 310 g/mol. The molecule has 1 saturated carbocycles. The lowest BCUT2D eigenvalue weighted by Crippen LogP contribution is -2.46. The third kappa shape index (κ3) is 2.77. The fraction of sp³-hybridized carbons (Fsp3) is 0.467. The Kier molecular flexibility index (Phi) is 3.88. The summed E-state index contributed by atoms with van der Waals surface area (Å²) in [6.45, 7) is 1.84. The third-order valence-electron chi connectivity index (χ3n) is 3.98. The Hall–Kier alpha value is -1.20. The van der Waals surface area contributed by atoms with E-state index >= 15 is 0 Å². The normalized spacial score (nSPS) is 25.1. The van der Waals surface area contributed by atoms with Gasteiger partial charge in [-0.2, -0.15) is 0 Å². The predicted molar refractivity (Wildman–Crippen MR) is 82.8 cm³/mol. The first kappa shape index (κ1) is 14.7. The summed E-state index contributed by atoms with van der Waals surface area (Å²) in [4.78, 5) is 25.8. The van der Waals surface area contributed by atoms with E-state index in [9.17, 15) is 14.7 Å². The number of carboxylic acid groups (broad SMARTS) is 1. The van der Waals surface area contributed by atoms with Crippen molar-refractivity contribution in [3.8, 4) is 0 Å². The Labute approximate surface area is 132 Å². The smallest absolute Gasteiger partial charge is 0.327 e. The number of carboxylic acids is 1. The van der Waals surface area contributed by atoms with Crippen molar-refractivity contribution in [1.29, 1.82) is 0 Å². The van der Waals surface area contributed by atoms with Crippen LogP contribution < -0.4 is 0 Å². The van der Waals surface area contributed by atoms with Crippen LogP contribution in [0, 0.1) is 12.8 Å². The number of amides is 1. The van der Waals surface area contributed by atoms with E-state index in [-0.39, 0.29) is 11.3 Å². The molecule has 21 heavy (non-hydrogen) atoms. The van der Waals surface area contributed by atoms with Crippen LogP contribution in [-0.2, 0) is 4.79 Å². The molecule has 3 rings (SSSR count). The fourth-order valence-corrected chi connectivity index (χ4v) is 4.39. The van der Waals surface area contributed by atoms with Gasteiger partial charge in [-0.25, -0.2) is 4.79 Å². The maximum atomic E-state index is 12.8. The van der Waals surface area contributed by atoms with Crippen LogP contribution >= 0.6 is 23.4 Å². The summed E-state index contributed by atoms with van der Waals surface area (Å²) < 4.78 is 0. The molecule has 1 aromatic carbocycles. The molecule has 6 heteroatoms. The second-order valence-corrected chi connectivity index (χ2v) is 7.15. The molecule has 1 aromatic rings. The average Bonchev–Trinajstić information content (AvgIpc) is 3.19. The molecule has 1 amide bonds. The van der Waals surface area contributed by atoms with Crippen molar-refractivity contribution < 1.29 is 14.7 Å². The number of nitrogens with zero attached hydrogens (tertiary/aromatic N) is 1. The zero-order chi connectivity index (χ0) is 15.1. The van der Waals surface area contributed by atoms with Gasteiger partial charge < -0.3 is 10.0 Å². The minimum absolute atomic E-state index is 0.00501. The quantitative estimate of drug-likeness (QED) is 0.928. The summed E-state index contributed by atoms with van der Waals surface area (Å²) in [5.41, 5.74) is 1.33. The van der Waals surface area contributed by atoms with Crippen molar-refractivity contribution in [3.63, 3.8) is 0 Å². The summed E-state index contributed by atoms with van der Waals surface area (Å²) in [5.74, 6) is -0.222. The Balaban J connectivity index is 1.91. The number of hydrogen-bond acceptors (Lipinski definition) is 3. The van der Waals surface area contributed by atoms with Crippen molar-refractivity contribution in [2.24, 2.45) is 5.92 Å². The largest absolute Gasteiger partial charge is 0.480 e. The molecule has 2 aliphatic rings. The molecule has 2 atom stereocenters. The molecule has 1 heterocycles. The lowest BCUT2D eigenvalue weighted by atomic mass is 10.1. The highest BCUT2D eigenvalue weighted by Gasteiger charge is 2.48. The number of rotatable bonds is 3. The minimum atomic E-state index is -0.926. The lowest BCUT2D eigenvalue weighted by Gasteiger charge is -2.27. The molecule has 1 aliphatic carbocycles. The Morgan fingerprint density at radius 3 is 2.67 bits per heavy atom. The van der Waals surface area contributed by atoms with Crippen LogP contribution in [0.1, 0.15) is 28.8 Å². The maximum Gasteiger partial charge on any atom is 0.327 e. The van der Waals surface area contributed by atoms with Crippen LogP contribution in [0.15, 0.2) is 18.2 Å². The van der Waals surface area contributed by atoms with Crippen LogP contribution in [-0.4, -0.2) is 39.1 Å². The summed E-state index contributed by atoms with van der Waals surface area (Å²) in [6.07, 6.45) is 2.15. The third-order valence-corrected chi connectivity index (χ3v) is 5.87. The number of thioether (sulfide) groups is 1. The van der Waals surface area contributed by atoms with Gasteiger partial charge in [0.1, 0.15) is 6.04 Å². The molecule has 0 spiro atoms. The van der Waals surface area contributed by atoms with Crippen LogP contribution in [0.3, 0.4) is 0 Å². The van der Waals surface area contributed by atoms with E-state index in [4.69, 9.17) is 11.6 Å². The Morgan fingerprint density at radius 2 is 2.10 bits per heavy atom. The minimum Gasteiger partial charge on any atom is -0.480 e. The van der Waals surface area contributed by atoms with E-state index in [1.54, 1.807) is 34.9 Å². The fourth-order valence-electron chi connectivity index (χ4n) is 2.65. The number of aryl methyl sites for hydroxylation is 1. The Bertz CT molecular complexity index is 603. The van der Waals surface area contributed by atoms with E-state index in [1.165, 1.54) is 0 Å². The molecule has 4 nitrogen and oxygen atoms in total. The molecule has 2 unspecified atom stereocenters. The summed E-state index contributed by atoms with van der Waals surface area (Å²) in [7, 11) is 0. The molecule has 0 aromatic heterocycles. The van der Waals surface area contributed by atoms with Crippen LogP contribution in [0.4, 0.5) is 0 Å². The monoisotopic (exact) mass is 325 g/mol. The van der Waals surface area contributed by atoms with E-state index in [2.05, 4.69) is 0 Å². The van der Waals surface area contributed by atoms with Crippen molar-refractivity contribution >= 4 is 35.2 Å². The van der Waals surface area contributed by atoms with Gasteiger partial charge in [-0.15, -0.1) is 11.8 Å². The van der Waals surface area contributed by atoms with Crippen molar-refractivity contribution in [2.45, 2.75) is 31.2 Å². The van der Waals surface area contributed by atoms with Crippen molar-refractivity contribution in [1.82, 2.24) is 4.90 Å². The van der Waals surface area contributed by atoms with Crippen molar-refractivity contribution in [3.05, 3.63) is 34.3 Å². The van der Waals surface area contributed by atoms with Gasteiger partial charge in [0.15, 0.2) is 0 Å². The lowest BCUT2D eigenvalue weighted by molar-refractivity contribution is -0.141. The number of aliphatic carboxylic acids is 1. The van der Waals surface area contributed by atoms with Gasteiger partial charge in [-0.1, -0.05) is 11.6 Å². The summed E-state index contributed by atoms with van der Waals surface area (Å²) in [5, 5.41) is 9.97. The highest BCUT2D eigenvalue weighted by Crippen LogP contribution is 2.46. The molecule has 112 valence electrons. The summed E-state index contributed by atoms with van der Waals surface area (Å²) in [6, 6.07) is 4.36. The van der Waals surface area contributed by atoms with Gasteiger partial charge in [-0.05, 0) is 49.4 Å². The first-order valence-corrected chi connectivity index (χ1v) is 8.35. The number of hydrogen-bond donors (Lipinski definition) is 1. The van der Waals surface area contributed by atoms with E-state index in [0.717, 1.165) is 18.4 Å². The first-order chi connectivity index (χ1) is 9.99. The number of benzene rings is 1. The van der Waals surface area contributed by atoms with Crippen molar-refractivity contribution in [2.75, 3.05) is 5.75 Å². The van der Waals surface area contributed by atoms with Gasteiger partial charge in [0.2, 0.25) is 0 Å². The standard InChI is InChI=1S/C15H16ClNO3S/c1-8-6-10(4-5-11(8)16)13(18)17-12(15(19)20)7-21-14(17)9-2-3-9/h4-6,9,12,14H,2-3,7H2,1H3,(H,19,20). The SMILES string of the molecule is Cc1cc(C(=O)N2C(C(=O)O)CSC2C2CC2)ccc1Cl. The molecule has 2 fully saturated rings. The molecule has 0 radical (unpaired) electrons. The van der Waals surface area contributed by atoms with E-state index in [0.29, 0.717) is 22.3 Å². The second-order valence-electron chi connectivity index (χ2n) is 5.59. The van der Waals surface area contributed by atoms with Crippen LogP contribution in [0.5, 0.6) is 0 Å². The maximum absolute atomic E-state index is 12.8. The van der Waals surface area contributed by atoms with Gasteiger partial charge in [-0.3, -0.25) is 4.79 Å². The van der Waals surface area contributed by atoms with Gasteiger partial charge >= 0.3 is 5.97 Å². The topological polar surface area (TPSA) is 57.6 Å². The zero-order valence-electron chi connectivity index (χ0n) is 11.6. The van der Waals surface area contributed by atoms with E-state index < -0.39 is 12.0 Å². The predicted octanol–water partition coefficient (Wildman–Crippen LogP) is 3.03.